The van der Waals surface area contributed by atoms with E-state index in [4.69, 9.17) is 9.47 Å². The van der Waals surface area contributed by atoms with Gasteiger partial charge in [-0.3, -0.25) is 0 Å². The summed E-state index contributed by atoms with van der Waals surface area (Å²) in [5, 5.41) is 11.8. The second-order valence-electron chi connectivity index (χ2n) is 7.41. The maximum atomic E-state index is 13.0. The summed E-state index contributed by atoms with van der Waals surface area (Å²) in [5.74, 6) is -1.10. The molecular formula is C21H22F3NO5. The lowest BCUT2D eigenvalue weighted by Gasteiger charge is -2.19. The molecule has 0 aliphatic rings. The maximum absolute atomic E-state index is 13.0. The average molecular weight is 425 g/mol. The molecule has 2 aromatic rings. The first-order valence-corrected chi connectivity index (χ1v) is 9.01. The van der Waals surface area contributed by atoms with E-state index in [1.165, 1.54) is 30.3 Å². The molecule has 0 unspecified atom stereocenters. The van der Waals surface area contributed by atoms with Gasteiger partial charge in [0.1, 0.15) is 18.0 Å². The molecule has 9 heteroatoms. The minimum Gasteiger partial charge on any atom is -0.492 e. The number of amides is 1. The molecule has 2 aromatic carbocycles. The summed E-state index contributed by atoms with van der Waals surface area (Å²) in [6, 6.07) is 8.53. The van der Waals surface area contributed by atoms with Crippen LogP contribution in [0.3, 0.4) is 0 Å². The number of rotatable bonds is 6. The number of ether oxygens (including phenoxy) is 2. The SMILES string of the molecule is CC(C)(C)OC(=O)NCCOc1cc(C(=O)O)cc(-c2cccc(C(F)(F)F)c2)c1. The van der Waals surface area contributed by atoms with E-state index in [2.05, 4.69) is 5.32 Å². The van der Waals surface area contributed by atoms with Crippen LogP contribution in [0.4, 0.5) is 18.0 Å². The van der Waals surface area contributed by atoms with Crippen molar-refractivity contribution in [2.45, 2.75) is 32.5 Å². The standard InChI is InChI=1S/C21H22F3NO5/c1-20(2,3)30-19(28)25-7-8-29-17-11-14(9-15(12-17)18(26)27)13-5-4-6-16(10-13)21(22,23)24/h4-6,9-12H,7-8H2,1-3H3,(H,25,28)(H,26,27). The number of benzene rings is 2. The number of carboxylic acids is 1. The third-order valence-electron chi connectivity index (χ3n) is 3.72. The number of nitrogens with one attached hydrogen (secondary N) is 1. The first-order valence-electron chi connectivity index (χ1n) is 9.01. The second-order valence-corrected chi connectivity index (χ2v) is 7.41. The van der Waals surface area contributed by atoms with E-state index in [0.29, 0.717) is 0 Å². The van der Waals surface area contributed by atoms with E-state index in [1.807, 2.05) is 0 Å². The predicted octanol–water partition coefficient (Wildman–Crippen LogP) is 4.97. The zero-order valence-electron chi connectivity index (χ0n) is 16.7. The highest BCUT2D eigenvalue weighted by Gasteiger charge is 2.30. The van der Waals surface area contributed by atoms with Gasteiger partial charge in [0.25, 0.3) is 0 Å². The van der Waals surface area contributed by atoms with Crippen LogP contribution >= 0.6 is 0 Å². The van der Waals surface area contributed by atoms with Crippen molar-refractivity contribution in [2.75, 3.05) is 13.2 Å². The molecule has 2 N–H and O–H groups in total. The third-order valence-corrected chi connectivity index (χ3v) is 3.72. The largest absolute Gasteiger partial charge is 0.492 e. The van der Waals surface area contributed by atoms with Crippen molar-refractivity contribution in [1.29, 1.82) is 0 Å². The molecule has 0 fully saturated rings. The Labute approximate surface area is 171 Å². The Morgan fingerprint density at radius 1 is 1.03 bits per heavy atom. The van der Waals surface area contributed by atoms with Crippen molar-refractivity contribution in [3.05, 3.63) is 53.6 Å². The quantitative estimate of drug-likeness (QED) is 0.638. The number of hydrogen-bond donors (Lipinski definition) is 2. The first-order chi connectivity index (χ1) is 13.8. The van der Waals surface area contributed by atoms with Crippen LogP contribution in [0.2, 0.25) is 0 Å². The van der Waals surface area contributed by atoms with Gasteiger partial charge in [-0.2, -0.15) is 13.2 Å². The van der Waals surface area contributed by atoms with Crippen LogP contribution in [0.25, 0.3) is 11.1 Å². The zero-order chi connectivity index (χ0) is 22.5. The van der Waals surface area contributed by atoms with E-state index in [0.717, 1.165) is 12.1 Å². The molecule has 2 rings (SSSR count). The average Bonchev–Trinajstić information content (AvgIpc) is 2.63. The highest BCUT2D eigenvalue weighted by atomic mass is 19.4. The van der Waals surface area contributed by atoms with Gasteiger partial charge in [-0.15, -0.1) is 0 Å². The molecule has 162 valence electrons. The smallest absolute Gasteiger partial charge is 0.416 e. The molecule has 0 radical (unpaired) electrons. The Kier molecular flexibility index (Phi) is 6.96. The molecule has 0 heterocycles. The monoisotopic (exact) mass is 425 g/mol. The fourth-order valence-corrected chi connectivity index (χ4v) is 2.48. The van der Waals surface area contributed by atoms with E-state index >= 15 is 0 Å². The van der Waals surface area contributed by atoms with Gasteiger partial charge >= 0.3 is 18.2 Å². The molecular weight excluding hydrogens is 403 g/mol. The van der Waals surface area contributed by atoms with E-state index in [-0.39, 0.29) is 35.6 Å². The Balaban J connectivity index is 2.15. The predicted molar refractivity (Wildman–Crippen MR) is 104 cm³/mol. The number of hydrogen-bond acceptors (Lipinski definition) is 4. The molecule has 30 heavy (non-hydrogen) atoms. The summed E-state index contributed by atoms with van der Waals surface area (Å²) in [6.07, 6.45) is -5.15. The minimum absolute atomic E-state index is 0.00431. The van der Waals surface area contributed by atoms with Crippen molar-refractivity contribution < 1.29 is 37.3 Å². The second kappa shape index (κ2) is 9.06. The Morgan fingerprint density at radius 3 is 2.33 bits per heavy atom. The lowest BCUT2D eigenvalue weighted by molar-refractivity contribution is -0.137. The lowest BCUT2D eigenvalue weighted by Crippen LogP contribution is -2.34. The minimum atomic E-state index is -4.52. The maximum Gasteiger partial charge on any atom is 0.416 e. The van der Waals surface area contributed by atoms with Crippen LogP contribution in [-0.2, 0) is 10.9 Å². The van der Waals surface area contributed by atoms with Crippen LogP contribution in [0, 0.1) is 0 Å². The van der Waals surface area contributed by atoms with Crippen molar-refractivity contribution >= 4 is 12.1 Å². The van der Waals surface area contributed by atoms with Gasteiger partial charge in [-0.05, 0) is 62.2 Å². The molecule has 0 bridgehead atoms. The van der Waals surface area contributed by atoms with Gasteiger partial charge in [0.05, 0.1) is 17.7 Å². The number of carboxylic acid groups (broad SMARTS) is 1. The molecule has 0 saturated heterocycles. The number of halogens is 3. The summed E-state index contributed by atoms with van der Waals surface area (Å²) in [6.45, 7) is 5.25. The molecule has 6 nitrogen and oxygen atoms in total. The normalized spacial score (nSPS) is 11.7. The lowest BCUT2D eigenvalue weighted by atomic mass is 10.0. The van der Waals surface area contributed by atoms with Crippen LogP contribution < -0.4 is 10.1 Å². The first kappa shape index (κ1) is 23.1. The van der Waals surface area contributed by atoms with Crippen LogP contribution in [0.5, 0.6) is 5.75 Å². The molecule has 0 aromatic heterocycles. The van der Waals surface area contributed by atoms with Gasteiger partial charge in [0, 0.05) is 0 Å². The Morgan fingerprint density at radius 2 is 1.73 bits per heavy atom. The summed E-state index contributed by atoms with van der Waals surface area (Å²) in [5.41, 5.74) is -1.17. The van der Waals surface area contributed by atoms with E-state index in [1.54, 1.807) is 20.8 Å². The topological polar surface area (TPSA) is 84.9 Å². The van der Waals surface area contributed by atoms with Gasteiger partial charge in [-0.25, -0.2) is 9.59 Å². The molecule has 0 aliphatic carbocycles. The summed E-state index contributed by atoms with van der Waals surface area (Å²) in [7, 11) is 0. The van der Waals surface area contributed by atoms with Crippen LogP contribution in [0.1, 0.15) is 36.7 Å². The number of carbonyl (C=O) groups is 2. The van der Waals surface area contributed by atoms with Gasteiger partial charge in [-0.1, -0.05) is 12.1 Å². The summed E-state index contributed by atoms with van der Waals surface area (Å²) >= 11 is 0. The van der Waals surface area contributed by atoms with E-state index < -0.39 is 29.4 Å². The summed E-state index contributed by atoms with van der Waals surface area (Å²) < 4.78 is 49.5. The van der Waals surface area contributed by atoms with Crippen molar-refractivity contribution in [3.8, 4) is 16.9 Å². The molecule has 0 spiro atoms. The highest BCUT2D eigenvalue weighted by molar-refractivity contribution is 5.90. The van der Waals surface area contributed by atoms with Gasteiger partial charge in [0.15, 0.2) is 0 Å². The highest BCUT2D eigenvalue weighted by Crippen LogP contribution is 2.33. The zero-order valence-corrected chi connectivity index (χ0v) is 16.7. The van der Waals surface area contributed by atoms with Crippen molar-refractivity contribution in [1.82, 2.24) is 5.32 Å². The molecule has 0 aliphatic heterocycles. The third kappa shape index (κ3) is 6.98. The van der Waals surface area contributed by atoms with Crippen LogP contribution in [-0.4, -0.2) is 35.9 Å². The number of carbonyl (C=O) groups excluding carboxylic acids is 1. The Bertz CT molecular complexity index is 920. The number of alkyl halides is 3. The van der Waals surface area contributed by atoms with Gasteiger partial charge in [0.2, 0.25) is 0 Å². The van der Waals surface area contributed by atoms with Crippen molar-refractivity contribution in [3.63, 3.8) is 0 Å². The molecule has 1 amide bonds. The molecule has 0 saturated carbocycles. The molecule has 0 atom stereocenters. The van der Waals surface area contributed by atoms with Crippen molar-refractivity contribution in [2.24, 2.45) is 0 Å². The number of aromatic carboxylic acids is 1. The summed E-state index contributed by atoms with van der Waals surface area (Å²) in [4.78, 5) is 23.0. The fourth-order valence-electron chi connectivity index (χ4n) is 2.48. The van der Waals surface area contributed by atoms with Crippen LogP contribution in [0.15, 0.2) is 42.5 Å². The fraction of sp³-hybridized carbons (Fsp3) is 0.333. The van der Waals surface area contributed by atoms with Gasteiger partial charge < -0.3 is 19.9 Å². The van der Waals surface area contributed by atoms with E-state index in [9.17, 15) is 27.9 Å². The Hall–Kier alpha value is -3.23. The number of alkyl carbamates (subject to hydrolysis) is 1.